The standard InChI is InChI=1S/C16H22N4OS/c1-3-19-8-10-20(11-9-19)15-16(18-22-17-15)21-12-14-6-4-13(2)5-7-14/h4-7H,3,8-12H2,1-2H3. The molecule has 0 radical (unpaired) electrons. The molecule has 0 atom stereocenters. The summed E-state index contributed by atoms with van der Waals surface area (Å²) in [6.07, 6.45) is 0. The lowest BCUT2D eigenvalue weighted by Crippen LogP contribution is -2.46. The Bertz CT molecular complexity index is 590. The monoisotopic (exact) mass is 318 g/mol. The van der Waals surface area contributed by atoms with Gasteiger partial charge in [-0.2, -0.15) is 4.37 Å². The lowest BCUT2D eigenvalue weighted by molar-refractivity contribution is 0.266. The van der Waals surface area contributed by atoms with Gasteiger partial charge in [0.15, 0.2) is 0 Å². The Kier molecular flexibility index (Phi) is 4.90. The van der Waals surface area contributed by atoms with Crippen molar-refractivity contribution in [2.24, 2.45) is 0 Å². The minimum atomic E-state index is 0.535. The van der Waals surface area contributed by atoms with Crippen molar-refractivity contribution in [1.29, 1.82) is 0 Å². The van der Waals surface area contributed by atoms with Crippen LogP contribution < -0.4 is 9.64 Å². The first kappa shape index (κ1) is 15.2. The van der Waals surface area contributed by atoms with Crippen LogP contribution in [0.25, 0.3) is 0 Å². The summed E-state index contributed by atoms with van der Waals surface area (Å²) in [4.78, 5) is 4.73. The lowest BCUT2D eigenvalue weighted by atomic mass is 10.2. The molecule has 0 N–H and O–H groups in total. The molecule has 0 saturated carbocycles. The molecule has 0 bridgehead atoms. The van der Waals surface area contributed by atoms with Crippen molar-refractivity contribution in [2.45, 2.75) is 20.5 Å². The molecule has 22 heavy (non-hydrogen) atoms. The predicted octanol–water partition coefficient (Wildman–Crippen LogP) is 2.57. The molecule has 0 spiro atoms. The van der Waals surface area contributed by atoms with Crippen LogP contribution >= 0.6 is 11.7 Å². The highest BCUT2D eigenvalue weighted by Gasteiger charge is 2.22. The fourth-order valence-corrected chi connectivity index (χ4v) is 3.09. The van der Waals surface area contributed by atoms with Gasteiger partial charge in [-0.15, -0.1) is 4.37 Å². The van der Waals surface area contributed by atoms with Crippen LogP contribution in [-0.4, -0.2) is 46.4 Å². The maximum Gasteiger partial charge on any atom is 0.271 e. The third-order valence-corrected chi connectivity index (χ3v) is 4.56. The van der Waals surface area contributed by atoms with E-state index >= 15 is 0 Å². The molecule has 0 aliphatic carbocycles. The van der Waals surface area contributed by atoms with E-state index in [1.807, 2.05) is 0 Å². The molecule has 1 aromatic heterocycles. The van der Waals surface area contributed by atoms with E-state index in [1.165, 1.54) is 17.3 Å². The Morgan fingerprint density at radius 1 is 1.09 bits per heavy atom. The van der Waals surface area contributed by atoms with Crippen LogP contribution in [0.3, 0.4) is 0 Å². The molecule has 5 nitrogen and oxygen atoms in total. The first-order chi connectivity index (χ1) is 10.8. The van der Waals surface area contributed by atoms with Crippen LogP contribution in [-0.2, 0) is 6.61 Å². The number of rotatable bonds is 5. The van der Waals surface area contributed by atoms with Gasteiger partial charge in [-0.1, -0.05) is 36.8 Å². The fraction of sp³-hybridized carbons (Fsp3) is 0.500. The van der Waals surface area contributed by atoms with Crippen molar-refractivity contribution in [2.75, 3.05) is 37.6 Å². The van der Waals surface area contributed by atoms with Gasteiger partial charge < -0.3 is 14.5 Å². The van der Waals surface area contributed by atoms with Gasteiger partial charge in [-0.25, -0.2) is 0 Å². The molecular formula is C16H22N4OS. The van der Waals surface area contributed by atoms with Gasteiger partial charge >= 0.3 is 0 Å². The average Bonchev–Trinajstić information content (AvgIpc) is 3.03. The van der Waals surface area contributed by atoms with Crippen molar-refractivity contribution >= 4 is 17.5 Å². The minimum absolute atomic E-state index is 0.535. The summed E-state index contributed by atoms with van der Waals surface area (Å²) in [7, 11) is 0. The number of piperazine rings is 1. The van der Waals surface area contributed by atoms with Gasteiger partial charge in [0.2, 0.25) is 5.82 Å². The number of hydrogen-bond acceptors (Lipinski definition) is 6. The van der Waals surface area contributed by atoms with E-state index in [4.69, 9.17) is 4.74 Å². The Labute approximate surface area is 135 Å². The van der Waals surface area contributed by atoms with Crippen LogP contribution in [0.15, 0.2) is 24.3 Å². The van der Waals surface area contributed by atoms with Gasteiger partial charge in [-0.05, 0) is 19.0 Å². The fourth-order valence-electron chi connectivity index (χ4n) is 2.57. The van der Waals surface area contributed by atoms with Crippen molar-refractivity contribution in [3.05, 3.63) is 35.4 Å². The van der Waals surface area contributed by atoms with E-state index in [1.54, 1.807) is 0 Å². The molecule has 2 heterocycles. The van der Waals surface area contributed by atoms with E-state index < -0.39 is 0 Å². The van der Waals surface area contributed by atoms with Crippen molar-refractivity contribution in [3.63, 3.8) is 0 Å². The zero-order chi connectivity index (χ0) is 15.4. The molecule has 118 valence electrons. The zero-order valence-corrected chi connectivity index (χ0v) is 14.0. The largest absolute Gasteiger partial charge is 0.470 e. The second kappa shape index (κ2) is 7.07. The van der Waals surface area contributed by atoms with E-state index in [2.05, 4.69) is 56.7 Å². The van der Waals surface area contributed by atoms with Crippen molar-refractivity contribution in [1.82, 2.24) is 13.6 Å². The van der Waals surface area contributed by atoms with Crippen LogP contribution in [0.4, 0.5) is 5.82 Å². The second-order valence-electron chi connectivity index (χ2n) is 5.59. The van der Waals surface area contributed by atoms with Crippen LogP contribution in [0.5, 0.6) is 5.88 Å². The number of nitrogens with zero attached hydrogens (tertiary/aromatic N) is 4. The normalized spacial score (nSPS) is 16.0. The molecule has 3 rings (SSSR count). The SMILES string of the molecule is CCN1CCN(c2nsnc2OCc2ccc(C)cc2)CC1. The molecule has 0 amide bonds. The Balaban J connectivity index is 1.61. The molecule has 2 aromatic rings. The molecule has 1 fully saturated rings. The van der Waals surface area contributed by atoms with Crippen LogP contribution in [0.2, 0.25) is 0 Å². The predicted molar refractivity (Wildman–Crippen MR) is 89.7 cm³/mol. The first-order valence-corrected chi connectivity index (χ1v) is 8.47. The molecular weight excluding hydrogens is 296 g/mol. The second-order valence-corrected chi connectivity index (χ2v) is 6.12. The summed E-state index contributed by atoms with van der Waals surface area (Å²) in [6.45, 7) is 10.1. The highest BCUT2D eigenvalue weighted by molar-refractivity contribution is 6.99. The first-order valence-electron chi connectivity index (χ1n) is 7.74. The van der Waals surface area contributed by atoms with E-state index in [0.717, 1.165) is 44.1 Å². The Hall–Kier alpha value is -1.66. The van der Waals surface area contributed by atoms with Gasteiger partial charge in [-0.3, -0.25) is 0 Å². The molecule has 1 saturated heterocycles. The summed E-state index contributed by atoms with van der Waals surface area (Å²) in [5.74, 6) is 1.56. The number of ether oxygens (including phenoxy) is 1. The number of anilines is 1. The topological polar surface area (TPSA) is 41.5 Å². The zero-order valence-electron chi connectivity index (χ0n) is 13.2. The van der Waals surface area contributed by atoms with E-state index in [-0.39, 0.29) is 0 Å². The third-order valence-electron chi connectivity index (χ3n) is 4.06. The average molecular weight is 318 g/mol. The molecule has 6 heteroatoms. The summed E-state index contributed by atoms with van der Waals surface area (Å²) < 4.78 is 14.6. The Morgan fingerprint density at radius 3 is 2.50 bits per heavy atom. The van der Waals surface area contributed by atoms with E-state index in [0.29, 0.717) is 12.5 Å². The number of benzene rings is 1. The summed E-state index contributed by atoms with van der Waals surface area (Å²) in [5.41, 5.74) is 2.41. The van der Waals surface area contributed by atoms with Gasteiger partial charge in [0.05, 0.1) is 11.7 Å². The maximum absolute atomic E-state index is 5.89. The van der Waals surface area contributed by atoms with Crippen LogP contribution in [0, 0.1) is 6.92 Å². The molecule has 1 aliphatic rings. The summed E-state index contributed by atoms with van der Waals surface area (Å²) >= 11 is 1.22. The van der Waals surface area contributed by atoms with Gasteiger partial charge in [0.25, 0.3) is 5.88 Å². The summed E-state index contributed by atoms with van der Waals surface area (Å²) in [6, 6.07) is 8.38. The molecule has 1 aromatic carbocycles. The number of hydrogen-bond donors (Lipinski definition) is 0. The maximum atomic E-state index is 5.89. The molecule has 0 unspecified atom stereocenters. The smallest absolute Gasteiger partial charge is 0.271 e. The van der Waals surface area contributed by atoms with Crippen molar-refractivity contribution < 1.29 is 4.74 Å². The minimum Gasteiger partial charge on any atom is -0.470 e. The highest BCUT2D eigenvalue weighted by atomic mass is 32.1. The Morgan fingerprint density at radius 2 is 1.82 bits per heavy atom. The lowest BCUT2D eigenvalue weighted by Gasteiger charge is -2.34. The van der Waals surface area contributed by atoms with Crippen molar-refractivity contribution in [3.8, 4) is 5.88 Å². The van der Waals surface area contributed by atoms with Gasteiger partial charge in [0.1, 0.15) is 6.61 Å². The van der Waals surface area contributed by atoms with Gasteiger partial charge in [0, 0.05) is 26.2 Å². The highest BCUT2D eigenvalue weighted by Crippen LogP contribution is 2.27. The quantitative estimate of drug-likeness (QED) is 0.847. The van der Waals surface area contributed by atoms with E-state index in [9.17, 15) is 0 Å². The third kappa shape index (κ3) is 3.56. The summed E-state index contributed by atoms with van der Waals surface area (Å²) in [5, 5.41) is 0. The number of likely N-dealkylation sites (N-methyl/N-ethyl adjacent to an activating group) is 1. The molecule has 1 aliphatic heterocycles. The number of aryl methyl sites for hydroxylation is 1. The van der Waals surface area contributed by atoms with Crippen LogP contribution in [0.1, 0.15) is 18.1 Å². The number of aromatic nitrogens is 2.